The maximum absolute atomic E-state index is 13.2. The Morgan fingerprint density at radius 2 is 1.74 bits per heavy atom. The first-order chi connectivity index (χ1) is 18.8. The van der Waals surface area contributed by atoms with E-state index in [1.54, 1.807) is 35.2 Å². The standard InChI is InChI=1S/C28H24ClN5O4S/c1-19(21-5-3-2-4-6-21)33(26(36)16-9-20-7-14-24(15-8-20)34(37)38)18-17-25(35)30-28-32-31-27(39-28)22-10-12-23(29)13-11-22/h2-16,19H,17-18H2,1H3,(H,30,32,35). The van der Waals surface area contributed by atoms with Gasteiger partial charge in [0.15, 0.2) is 0 Å². The SMILES string of the molecule is CC(c1ccccc1)N(CCC(=O)Nc1nnc(-c2ccc(Cl)cc2)s1)C(=O)C=Cc1ccc([N+](=O)[O-])cc1. The molecule has 0 bridgehead atoms. The molecule has 198 valence electrons. The third kappa shape index (κ3) is 7.56. The maximum atomic E-state index is 13.2. The van der Waals surface area contributed by atoms with Crippen LogP contribution in [0, 0.1) is 10.1 Å². The second kappa shape index (κ2) is 12.9. The van der Waals surface area contributed by atoms with Crippen LogP contribution in [0.4, 0.5) is 10.8 Å². The van der Waals surface area contributed by atoms with E-state index in [0.29, 0.717) is 20.7 Å². The first kappa shape index (κ1) is 27.6. The minimum atomic E-state index is -0.479. The number of nitro groups is 1. The van der Waals surface area contributed by atoms with E-state index in [1.807, 2.05) is 49.4 Å². The second-order valence-electron chi connectivity index (χ2n) is 8.52. The van der Waals surface area contributed by atoms with Gasteiger partial charge < -0.3 is 10.2 Å². The summed E-state index contributed by atoms with van der Waals surface area (Å²) in [4.78, 5) is 38.0. The summed E-state index contributed by atoms with van der Waals surface area (Å²) in [6, 6.07) is 22.3. The lowest BCUT2D eigenvalue weighted by atomic mass is 10.1. The van der Waals surface area contributed by atoms with E-state index < -0.39 is 4.92 Å². The van der Waals surface area contributed by atoms with E-state index in [9.17, 15) is 19.7 Å². The highest BCUT2D eigenvalue weighted by Crippen LogP contribution is 2.27. The number of nitro benzene ring substituents is 1. The molecule has 3 aromatic carbocycles. The number of hydrogen-bond donors (Lipinski definition) is 1. The molecular formula is C28H24ClN5O4S. The molecule has 0 fully saturated rings. The number of aromatic nitrogens is 2. The van der Waals surface area contributed by atoms with E-state index in [1.165, 1.54) is 29.5 Å². The molecule has 1 unspecified atom stereocenters. The molecule has 39 heavy (non-hydrogen) atoms. The predicted octanol–water partition coefficient (Wildman–Crippen LogP) is 6.40. The molecule has 0 aliphatic carbocycles. The number of rotatable bonds is 10. The first-order valence-corrected chi connectivity index (χ1v) is 13.2. The number of non-ortho nitro benzene ring substituents is 1. The van der Waals surface area contributed by atoms with Gasteiger partial charge in [-0.2, -0.15) is 0 Å². The number of benzene rings is 3. The van der Waals surface area contributed by atoms with Crippen LogP contribution in [-0.2, 0) is 9.59 Å². The van der Waals surface area contributed by atoms with Crippen LogP contribution < -0.4 is 5.32 Å². The van der Waals surface area contributed by atoms with Crippen LogP contribution in [0.15, 0.2) is 84.9 Å². The maximum Gasteiger partial charge on any atom is 0.269 e. The van der Waals surface area contributed by atoms with Gasteiger partial charge in [-0.25, -0.2) is 0 Å². The van der Waals surface area contributed by atoms with Gasteiger partial charge in [0.25, 0.3) is 5.69 Å². The number of carbonyl (C=O) groups excluding carboxylic acids is 2. The molecule has 4 aromatic rings. The number of nitrogens with zero attached hydrogens (tertiary/aromatic N) is 4. The highest BCUT2D eigenvalue weighted by molar-refractivity contribution is 7.18. The molecule has 0 saturated heterocycles. The van der Waals surface area contributed by atoms with Crippen LogP contribution in [0.5, 0.6) is 0 Å². The van der Waals surface area contributed by atoms with Crippen molar-refractivity contribution in [3.8, 4) is 10.6 Å². The Morgan fingerprint density at radius 3 is 2.41 bits per heavy atom. The molecule has 11 heteroatoms. The molecule has 0 aliphatic rings. The zero-order valence-electron chi connectivity index (χ0n) is 20.9. The van der Waals surface area contributed by atoms with Crippen molar-refractivity contribution in [3.05, 3.63) is 111 Å². The van der Waals surface area contributed by atoms with Crippen LogP contribution in [0.1, 0.15) is 30.5 Å². The Balaban J connectivity index is 1.43. The quantitative estimate of drug-likeness (QED) is 0.136. The van der Waals surface area contributed by atoms with E-state index >= 15 is 0 Å². The fourth-order valence-electron chi connectivity index (χ4n) is 3.76. The Labute approximate surface area is 233 Å². The van der Waals surface area contributed by atoms with E-state index in [2.05, 4.69) is 15.5 Å². The van der Waals surface area contributed by atoms with Gasteiger partial charge in [-0.15, -0.1) is 10.2 Å². The number of halogens is 1. The van der Waals surface area contributed by atoms with Crippen LogP contribution in [0.25, 0.3) is 16.6 Å². The fourth-order valence-corrected chi connectivity index (χ4v) is 4.65. The average molecular weight is 562 g/mol. The van der Waals surface area contributed by atoms with E-state index in [0.717, 1.165) is 11.1 Å². The number of anilines is 1. The lowest BCUT2D eigenvalue weighted by molar-refractivity contribution is -0.384. The summed E-state index contributed by atoms with van der Waals surface area (Å²) in [5.74, 6) is -0.593. The molecule has 0 radical (unpaired) electrons. The van der Waals surface area contributed by atoms with Crippen molar-refractivity contribution in [2.45, 2.75) is 19.4 Å². The third-order valence-electron chi connectivity index (χ3n) is 5.90. The molecule has 1 aromatic heterocycles. The van der Waals surface area contributed by atoms with Gasteiger partial charge in [-0.05, 0) is 48.4 Å². The molecule has 2 amide bonds. The highest BCUT2D eigenvalue weighted by atomic mass is 35.5. The van der Waals surface area contributed by atoms with Crippen molar-refractivity contribution >= 4 is 51.6 Å². The molecular weight excluding hydrogens is 538 g/mol. The minimum absolute atomic E-state index is 0.0282. The summed E-state index contributed by atoms with van der Waals surface area (Å²) in [5.41, 5.74) is 2.38. The molecule has 0 aliphatic heterocycles. The van der Waals surface area contributed by atoms with Gasteiger partial charge in [0, 0.05) is 41.8 Å². The molecule has 0 spiro atoms. The number of amides is 2. The Kier molecular flexibility index (Phi) is 9.14. The number of hydrogen-bond acceptors (Lipinski definition) is 7. The topological polar surface area (TPSA) is 118 Å². The van der Waals surface area contributed by atoms with Gasteiger partial charge in [-0.3, -0.25) is 19.7 Å². The van der Waals surface area contributed by atoms with Crippen molar-refractivity contribution in [1.29, 1.82) is 0 Å². The van der Waals surface area contributed by atoms with Gasteiger partial charge >= 0.3 is 0 Å². The molecule has 1 N–H and O–H groups in total. The average Bonchev–Trinajstić information content (AvgIpc) is 3.41. The van der Waals surface area contributed by atoms with Crippen molar-refractivity contribution in [2.75, 3.05) is 11.9 Å². The second-order valence-corrected chi connectivity index (χ2v) is 9.93. The summed E-state index contributed by atoms with van der Waals surface area (Å²) in [6.45, 7) is 2.06. The molecule has 1 atom stereocenters. The lowest BCUT2D eigenvalue weighted by Gasteiger charge is -2.28. The van der Waals surface area contributed by atoms with Gasteiger partial charge in [-0.1, -0.05) is 65.4 Å². The van der Waals surface area contributed by atoms with Crippen LogP contribution in [0.2, 0.25) is 5.02 Å². The minimum Gasteiger partial charge on any atom is -0.332 e. The van der Waals surface area contributed by atoms with E-state index in [-0.39, 0.29) is 36.5 Å². The normalized spacial score (nSPS) is 11.7. The summed E-state index contributed by atoms with van der Waals surface area (Å²) >= 11 is 7.18. The van der Waals surface area contributed by atoms with Gasteiger partial charge in [0.2, 0.25) is 16.9 Å². The first-order valence-electron chi connectivity index (χ1n) is 12.0. The molecule has 0 saturated carbocycles. The molecule has 4 rings (SSSR count). The zero-order valence-corrected chi connectivity index (χ0v) is 22.4. The predicted molar refractivity (Wildman–Crippen MR) is 152 cm³/mol. The van der Waals surface area contributed by atoms with Crippen molar-refractivity contribution in [2.24, 2.45) is 0 Å². The Hall–Kier alpha value is -4.41. The number of nitrogens with one attached hydrogen (secondary N) is 1. The Morgan fingerprint density at radius 1 is 1.05 bits per heavy atom. The molecule has 1 heterocycles. The highest BCUT2D eigenvalue weighted by Gasteiger charge is 2.21. The molecule has 9 nitrogen and oxygen atoms in total. The number of carbonyl (C=O) groups is 2. The van der Waals surface area contributed by atoms with Crippen LogP contribution in [-0.4, -0.2) is 38.4 Å². The summed E-state index contributed by atoms with van der Waals surface area (Å²) in [5, 5.41) is 23.4. The summed E-state index contributed by atoms with van der Waals surface area (Å²) in [6.07, 6.45) is 3.04. The van der Waals surface area contributed by atoms with Gasteiger partial charge in [0.05, 0.1) is 11.0 Å². The lowest BCUT2D eigenvalue weighted by Crippen LogP contribution is -2.35. The van der Waals surface area contributed by atoms with Gasteiger partial charge in [0.1, 0.15) is 5.01 Å². The van der Waals surface area contributed by atoms with Crippen molar-refractivity contribution < 1.29 is 14.5 Å². The van der Waals surface area contributed by atoms with Crippen LogP contribution in [0.3, 0.4) is 0 Å². The monoisotopic (exact) mass is 561 g/mol. The summed E-state index contributed by atoms with van der Waals surface area (Å²) in [7, 11) is 0. The zero-order chi connectivity index (χ0) is 27.8. The largest absolute Gasteiger partial charge is 0.332 e. The smallest absolute Gasteiger partial charge is 0.269 e. The van der Waals surface area contributed by atoms with Crippen molar-refractivity contribution in [3.63, 3.8) is 0 Å². The third-order valence-corrected chi connectivity index (χ3v) is 7.04. The van der Waals surface area contributed by atoms with E-state index in [4.69, 9.17) is 11.6 Å². The Bertz CT molecular complexity index is 1470. The summed E-state index contributed by atoms with van der Waals surface area (Å²) < 4.78 is 0. The van der Waals surface area contributed by atoms with Crippen LogP contribution >= 0.6 is 22.9 Å². The van der Waals surface area contributed by atoms with Crippen molar-refractivity contribution in [1.82, 2.24) is 15.1 Å². The fraction of sp³-hybridized carbons (Fsp3) is 0.143.